The van der Waals surface area contributed by atoms with Crippen LogP contribution in [0.25, 0.3) is 0 Å². The Morgan fingerprint density at radius 3 is 2.38 bits per heavy atom. The second kappa shape index (κ2) is 9.23. The van der Waals surface area contributed by atoms with Crippen LogP contribution < -0.4 is 9.47 Å². The van der Waals surface area contributed by atoms with Crippen molar-refractivity contribution in [2.45, 2.75) is 33.2 Å². The minimum absolute atomic E-state index is 0.0332. The molecule has 0 radical (unpaired) electrons. The first-order valence-corrected chi connectivity index (χ1v) is 7.38. The molecule has 0 saturated carbocycles. The van der Waals surface area contributed by atoms with Crippen LogP contribution in [-0.2, 0) is 4.79 Å². The zero-order chi connectivity index (χ0) is 15.7. The van der Waals surface area contributed by atoms with Crippen LogP contribution in [0.15, 0.2) is 24.3 Å². The van der Waals surface area contributed by atoms with E-state index in [0.717, 1.165) is 6.42 Å². The maximum atomic E-state index is 10.9. The molecule has 1 aromatic rings. The lowest BCUT2D eigenvalue weighted by molar-refractivity contribution is -0.139. The van der Waals surface area contributed by atoms with Crippen molar-refractivity contribution in [2.75, 3.05) is 26.3 Å². The molecule has 5 nitrogen and oxygen atoms in total. The number of carbonyl (C=O) groups is 1. The molecule has 1 aromatic carbocycles. The third-order valence-electron chi connectivity index (χ3n) is 3.34. The maximum absolute atomic E-state index is 10.9. The van der Waals surface area contributed by atoms with Gasteiger partial charge in [0.05, 0.1) is 13.2 Å². The zero-order valence-corrected chi connectivity index (χ0v) is 13.0. The monoisotopic (exact) mass is 295 g/mol. The minimum Gasteiger partial charge on any atom is -0.490 e. The fourth-order valence-electron chi connectivity index (χ4n) is 2.00. The van der Waals surface area contributed by atoms with Gasteiger partial charge in [-0.25, -0.2) is 0 Å². The third-order valence-corrected chi connectivity index (χ3v) is 3.34. The topological polar surface area (TPSA) is 59.0 Å². The van der Waals surface area contributed by atoms with Crippen molar-refractivity contribution in [3.05, 3.63) is 24.3 Å². The number of hydrogen-bond donors (Lipinski definition) is 1. The molecule has 0 bridgehead atoms. The van der Waals surface area contributed by atoms with E-state index in [4.69, 9.17) is 14.6 Å². The predicted octanol–water partition coefficient (Wildman–Crippen LogP) is 2.65. The second-order valence-electron chi connectivity index (χ2n) is 4.85. The van der Waals surface area contributed by atoms with Gasteiger partial charge in [0, 0.05) is 12.6 Å². The molecule has 1 unspecified atom stereocenters. The van der Waals surface area contributed by atoms with E-state index in [2.05, 4.69) is 0 Å². The van der Waals surface area contributed by atoms with Gasteiger partial charge in [-0.15, -0.1) is 0 Å². The lowest BCUT2D eigenvalue weighted by Gasteiger charge is -2.26. The Balaban J connectivity index is 2.55. The molecule has 0 spiro atoms. The summed E-state index contributed by atoms with van der Waals surface area (Å²) in [5.74, 6) is 0.595. The molecular formula is C16H25NO4. The predicted molar refractivity (Wildman–Crippen MR) is 82.1 cm³/mol. The first kappa shape index (κ1) is 17.3. The molecule has 1 rings (SSSR count). The third kappa shape index (κ3) is 6.04. The average molecular weight is 295 g/mol. The highest BCUT2D eigenvalue weighted by atomic mass is 16.5. The molecule has 0 amide bonds. The van der Waals surface area contributed by atoms with Crippen LogP contribution >= 0.6 is 0 Å². The largest absolute Gasteiger partial charge is 0.490 e. The van der Waals surface area contributed by atoms with Crippen LogP contribution in [-0.4, -0.2) is 48.3 Å². The van der Waals surface area contributed by atoms with Gasteiger partial charge in [-0.3, -0.25) is 9.69 Å². The van der Waals surface area contributed by atoms with E-state index in [-0.39, 0.29) is 12.6 Å². The van der Waals surface area contributed by atoms with Crippen molar-refractivity contribution in [1.29, 1.82) is 0 Å². The van der Waals surface area contributed by atoms with Gasteiger partial charge < -0.3 is 14.6 Å². The lowest BCUT2D eigenvalue weighted by Crippen LogP contribution is -2.39. The van der Waals surface area contributed by atoms with E-state index in [1.165, 1.54) is 0 Å². The first-order chi connectivity index (χ1) is 10.1. The Labute approximate surface area is 126 Å². The fraction of sp³-hybridized carbons (Fsp3) is 0.562. The molecule has 5 heteroatoms. The summed E-state index contributed by atoms with van der Waals surface area (Å²) >= 11 is 0. The van der Waals surface area contributed by atoms with Gasteiger partial charge in [0.15, 0.2) is 11.5 Å². The van der Waals surface area contributed by atoms with Gasteiger partial charge in [0.25, 0.3) is 0 Å². The molecule has 0 fully saturated rings. The van der Waals surface area contributed by atoms with Gasteiger partial charge >= 0.3 is 5.97 Å². The number of aliphatic carboxylic acids is 1. The number of carboxylic acids is 1. The van der Waals surface area contributed by atoms with Gasteiger partial charge in [-0.05, 0) is 32.4 Å². The van der Waals surface area contributed by atoms with E-state index in [0.29, 0.717) is 31.3 Å². The number of hydrogen-bond acceptors (Lipinski definition) is 4. The first-order valence-electron chi connectivity index (χ1n) is 7.38. The maximum Gasteiger partial charge on any atom is 0.317 e. The van der Waals surface area contributed by atoms with Gasteiger partial charge in [0.1, 0.15) is 6.61 Å². The Kier molecular flexibility index (Phi) is 7.61. The minimum atomic E-state index is -0.815. The van der Waals surface area contributed by atoms with Gasteiger partial charge in [0.2, 0.25) is 0 Å². The highest BCUT2D eigenvalue weighted by Gasteiger charge is 2.15. The number of carboxylic acid groups (broad SMARTS) is 1. The van der Waals surface area contributed by atoms with Crippen molar-refractivity contribution in [1.82, 2.24) is 4.90 Å². The van der Waals surface area contributed by atoms with E-state index < -0.39 is 5.97 Å². The Hall–Kier alpha value is -1.75. The van der Waals surface area contributed by atoms with Crippen molar-refractivity contribution in [3.8, 4) is 11.5 Å². The van der Waals surface area contributed by atoms with Gasteiger partial charge in [-0.2, -0.15) is 0 Å². The molecule has 118 valence electrons. The van der Waals surface area contributed by atoms with Crippen LogP contribution in [0.4, 0.5) is 0 Å². The van der Waals surface area contributed by atoms with Crippen LogP contribution in [0.3, 0.4) is 0 Å². The van der Waals surface area contributed by atoms with E-state index in [9.17, 15) is 4.79 Å². The molecule has 0 heterocycles. The van der Waals surface area contributed by atoms with Crippen molar-refractivity contribution in [3.63, 3.8) is 0 Å². The molecule has 1 atom stereocenters. The number of rotatable bonds is 10. The standard InChI is InChI=1S/C16H25NO4/c1-4-13(3)17(12-16(18)19)10-11-21-15-9-7-6-8-14(15)20-5-2/h6-9,13H,4-5,10-12H2,1-3H3,(H,18,19). The summed E-state index contributed by atoms with van der Waals surface area (Å²) in [6.07, 6.45) is 0.906. The Bertz CT molecular complexity index is 436. The summed E-state index contributed by atoms with van der Waals surface area (Å²) in [5.41, 5.74) is 0. The molecule has 0 aromatic heterocycles. The summed E-state index contributed by atoms with van der Waals surface area (Å²) in [6, 6.07) is 7.72. The summed E-state index contributed by atoms with van der Waals surface area (Å²) in [5, 5.41) is 8.96. The molecular weight excluding hydrogens is 270 g/mol. The highest BCUT2D eigenvalue weighted by Crippen LogP contribution is 2.26. The number of ether oxygens (including phenoxy) is 2. The number of benzene rings is 1. The van der Waals surface area contributed by atoms with Crippen molar-refractivity contribution < 1.29 is 19.4 Å². The highest BCUT2D eigenvalue weighted by molar-refractivity contribution is 5.69. The SMILES string of the molecule is CCOc1ccccc1OCCN(CC(=O)O)C(C)CC. The van der Waals surface area contributed by atoms with Crippen molar-refractivity contribution >= 4 is 5.97 Å². The average Bonchev–Trinajstić information content (AvgIpc) is 2.47. The quantitative estimate of drug-likeness (QED) is 0.719. The number of nitrogens with zero attached hydrogens (tertiary/aromatic N) is 1. The summed E-state index contributed by atoms with van der Waals surface area (Å²) < 4.78 is 11.2. The Morgan fingerprint density at radius 2 is 1.86 bits per heavy atom. The summed E-state index contributed by atoms with van der Waals surface area (Å²) in [7, 11) is 0. The second-order valence-corrected chi connectivity index (χ2v) is 4.85. The van der Waals surface area contributed by atoms with E-state index in [1.54, 1.807) is 0 Å². The molecule has 0 saturated heterocycles. The normalized spacial score (nSPS) is 12.2. The summed E-state index contributed by atoms with van der Waals surface area (Å²) in [6.45, 7) is 7.61. The van der Waals surface area contributed by atoms with Gasteiger partial charge in [-0.1, -0.05) is 19.1 Å². The van der Waals surface area contributed by atoms with Crippen LogP contribution in [0, 0.1) is 0 Å². The van der Waals surface area contributed by atoms with Crippen LogP contribution in [0.2, 0.25) is 0 Å². The lowest BCUT2D eigenvalue weighted by atomic mass is 10.2. The zero-order valence-electron chi connectivity index (χ0n) is 13.0. The smallest absolute Gasteiger partial charge is 0.317 e. The van der Waals surface area contributed by atoms with E-state index >= 15 is 0 Å². The molecule has 0 aliphatic carbocycles. The molecule has 1 N–H and O–H groups in total. The molecule has 0 aliphatic rings. The van der Waals surface area contributed by atoms with Crippen LogP contribution in [0.1, 0.15) is 27.2 Å². The van der Waals surface area contributed by atoms with Crippen molar-refractivity contribution in [2.24, 2.45) is 0 Å². The molecule has 0 aliphatic heterocycles. The summed E-state index contributed by atoms with van der Waals surface area (Å²) in [4.78, 5) is 12.8. The van der Waals surface area contributed by atoms with E-state index in [1.807, 2.05) is 49.9 Å². The fourth-order valence-corrected chi connectivity index (χ4v) is 2.00. The Morgan fingerprint density at radius 1 is 1.24 bits per heavy atom. The number of para-hydroxylation sites is 2. The van der Waals surface area contributed by atoms with Crippen LogP contribution in [0.5, 0.6) is 11.5 Å². The molecule has 21 heavy (non-hydrogen) atoms.